The van der Waals surface area contributed by atoms with Crippen molar-refractivity contribution < 1.29 is 38.0 Å². The van der Waals surface area contributed by atoms with Gasteiger partial charge in [-0.25, -0.2) is 9.59 Å². The second-order valence-electron chi connectivity index (χ2n) is 15.6. The number of nitrogens with zero attached hydrogens (tertiary/aromatic N) is 2. The van der Waals surface area contributed by atoms with Crippen molar-refractivity contribution in [1.29, 1.82) is 5.26 Å². The number of carbonyl (C=O) groups excluding carboxylic acids is 2. The molecule has 3 unspecified atom stereocenters. The predicted molar refractivity (Wildman–Crippen MR) is 240 cm³/mol. The maximum atomic E-state index is 15.2. The molecule has 0 spiro atoms. The Balaban J connectivity index is 1.21. The van der Waals surface area contributed by atoms with Crippen LogP contribution in [0.3, 0.4) is 0 Å². The molecule has 1 aliphatic heterocycles. The van der Waals surface area contributed by atoms with Gasteiger partial charge in [-0.3, -0.25) is 9.36 Å². The molecule has 0 saturated carbocycles. The Morgan fingerprint density at radius 2 is 1.30 bits per heavy atom. The lowest BCUT2D eigenvalue weighted by Crippen LogP contribution is -2.32. The lowest BCUT2D eigenvalue weighted by atomic mass is 9.88. The molecule has 1 aliphatic rings. The molecule has 314 valence electrons. The average molecular weight is 839 g/mol. The van der Waals surface area contributed by atoms with Gasteiger partial charge in [-0.2, -0.15) is 5.26 Å². The summed E-state index contributed by atoms with van der Waals surface area (Å²) in [5.41, 5.74) is 3.77. The van der Waals surface area contributed by atoms with Crippen LogP contribution in [-0.4, -0.2) is 56.6 Å². The van der Waals surface area contributed by atoms with E-state index in [2.05, 4.69) is 36.4 Å². The molecular weight excluding hydrogens is 797 g/mol. The summed E-state index contributed by atoms with van der Waals surface area (Å²) in [4.78, 5) is 42.1. The minimum Gasteiger partial charge on any atom is -0.493 e. The first-order valence-corrected chi connectivity index (χ1v) is 20.4. The first-order valence-electron chi connectivity index (χ1n) is 20.4. The summed E-state index contributed by atoms with van der Waals surface area (Å²) in [5.74, 6) is -0.201. The molecule has 0 N–H and O–H groups in total. The van der Waals surface area contributed by atoms with Crippen LogP contribution in [0.4, 0.5) is 0 Å². The second kappa shape index (κ2) is 16.6. The molecule has 7 aromatic carbocycles. The Morgan fingerprint density at radius 3 is 1.90 bits per heavy atom. The van der Waals surface area contributed by atoms with Gasteiger partial charge in [0.05, 0.1) is 38.2 Å². The first kappa shape index (κ1) is 40.7. The smallest absolute Gasteiger partial charge is 0.338 e. The van der Waals surface area contributed by atoms with Crippen LogP contribution in [0.1, 0.15) is 50.1 Å². The molecule has 3 atom stereocenters. The van der Waals surface area contributed by atoms with Gasteiger partial charge in [0.1, 0.15) is 36.7 Å². The van der Waals surface area contributed by atoms with Crippen LogP contribution in [-0.2, 0) is 14.2 Å². The number of rotatable bonds is 11. The van der Waals surface area contributed by atoms with E-state index in [4.69, 9.17) is 28.4 Å². The van der Waals surface area contributed by atoms with Crippen LogP contribution in [0.15, 0.2) is 126 Å². The predicted octanol–water partition coefficient (Wildman–Crippen LogP) is 9.96. The van der Waals surface area contributed by atoms with Gasteiger partial charge < -0.3 is 28.4 Å². The zero-order valence-electron chi connectivity index (χ0n) is 35.3. The molecule has 8 aromatic rings. The van der Waals surface area contributed by atoms with Gasteiger partial charge in [-0.1, -0.05) is 90.0 Å². The summed E-state index contributed by atoms with van der Waals surface area (Å²) in [6, 6.07) is 39.7. The molecule has 11 nitrogen and oxygen atoms in total. The third-order valence-electron chi connectivity index (χ3n) is 11.8. The third-order valence-corrected chi connectivity index (χ3v) is 11.8. The fraction of sp³-hybridized carbons (Fsp3) is 0.192. The lowest BCUT2D eigenvalue weighted by Gasteiger charge is -2.23. The normalized spacial score (nSPS) is 16.0. The minimum absolute atomic E-state index is 0.0232. The van der Waals surface area contributed by atoms with E-state index in [0.717, 1.165) is 43.4 Å². The first-order chi connectivity index (χ1) is 30.6. The van der Waals surface area contributed by atoms with E-state index in [1.54, 1.807) is 66.7 Å². The largest absolute Gasteiger partial charge is 0.493 e. The summed E-state index contributed by atoms with van der Waals surface area (Å²) in [5, 5.41) is 17.1. The topological polar surface area (TPSA) is 135 Å². The van der Waals surface area contributed by atoms with E-state index in [0.29, 0.717) is 50.8 Å². The van der Waals surface area contributed by atoms with Crippen molar-refractivity contribution in [1.82, 2.24) is 4.57 Å². The quantitative estimate of drug-likeness (QED) is 0.0915. The van der Waals surface area contributed by atoms with E-state index < -0.39 is 35.9 Å². The van der Waals surface area contributed by atoms with E-state index in [1.807, 2.05) is 38.1 Å². The highest BCUT2D eigenvalue weighted by Gasteiger charge is 2.42. The van der Waals surface area contributed by atoms with Gasteiger partial charge in [0.15, 0.2) is 11.5 Å². The van der Waals surface area contributed by atoms with Crippen LogP contribution in [0.25, 0.3) is 54.7 Å². The summed E-state index contributed by atoms with van der Waals surface area (Å²) in [6.07, 6.45) is -3.10. The Kier molecular flexibility index (Phi) is 10.8. The Labute approximate surface area is 362 Å². The number of ether oxygens (including phenoxy) is 6. The Morgan fingerprint density at radius 1 is 0.714 bits per heavy atom. The number of carbonyl (C=O) groups is 2. The number of benzene rings is 7. The summed E-state index contributed by atoms with van der Waals surface area (Å²) in [7, 11) is 4.50. The van der Waals surface area contributed by atoms with E-state index >= 15 is 4.79 Å². The number of hydrogen-bond acceptors (Lipinski definition) is 10. The number of pyridine rings is 1. The van der Waals surface area contributed by atoms with Gasteiger partial charge in [0, 0.05) is 17.5 Å². The van der Waals surface area contributed by atoms with Crippen molar-refractivity contribution in [2.75, 3.05) is 27.9 Å². The molecule has 0 bridgehead atoms. The van der Waals surface area contributed by atoms with Crippen molar-refractivity contribution in [2.24, 2.45) is 0 Å². The van der Waals surface area contributed by atoms with E-state index in [9.17, 15) is 14.9 Å². The zero-order chi connectivity index (χ0) is 43.9. The maximum absolute atomic E-state index is 15.2. The highest BCUT2D eigenvalue weighted by molar-refractivity contribution is 6.25. The van der Waals surface area contributed by atoms with Crippen LogP contribution in [0, 0.1) is 25.2 Å². The third kappa shape index (κ3) is 7.34. The van der Waals surface area contributed by atoms with Crippen LogP contribution in [0.2, 0.25) is 0 Å². The molecule has 63 heavy (non-hydrogen) atoms. The highest BCUT2D eigenvalue weighted by atomic mass is 16.6. The average Bonchev–Trinajstić information content (AvgIpc) is 3.70. The summed E-state index contributed by atoms with van der Waals surface area (Å²) in [6.45, 7) is 3.53. The number of aryl methyl sites for hydroxylation is 2. The van der Waals surface area contributed by atoms with Crippen molar-refractivity contribution in [3.8, 4) is 45.7 Å². The van der Waals surface area contributed by atoms with Gasteiger partial charge >= 0.3 is 11.9 Å². The van der Waals surface area contributed by atoms with Crippen molar-refractivity contribution in [3.63, 3.8) is 0 Å². The molecule has 1 fully saturated rings. The van der Waals surface area contributed by atoms with Crippen molar-refractivity contribution in [3.05, 3.63) is 159 Å². The molecule has 0 amide bonds. The molecule has 0 aliphatic carbocycles. The maximum Gasteiger partial charge on any atom is 0.338 e. The minimum atomic E-state index is -1.10. The van der Waals surface area contributed by atoms with Crippen LogP contribution < -0.4 is 19.8 Å². The summed E-state index contributed by atoms with van der Waals surface area (Å²) >= 11 is 0. The van der Waals surface area contributed by atoms with Gasteiger partial charge in [-0.15, -0.1) is 0 Å². The highest BCUT2D eigenvalue weighted by Crippen LogP contribution is 2.45. The van der Waals surface area contributed by atoms with Gasteiger partial charge in [0.2, 0.25) is 5.75 Å². The number of hydrogen-bond donors (Lipinski definition) is 0. The van der Waals surface area contributed by atoms with Gasteiger partial charge in [-0.05, 0) is 94.2 Å². The summed E-state index contributed by atoms with van der Waals surface area (Å²) < 4.78 is 37.1. The van der Waals surface area contributed by atoms with E-state index in [-0.39, 0.29) is 18.6 Å². The number of methoxy groups -OCH3 is 3. The lowest BCUT2D eigenvalue weighted by molar-refractivity contribution is -0.0575. The zero-order valence-corrected chi connectivity index (χ0v) is 35.3. The SMILES string of the molecule is COc1cc(-c2cc(-c3ccc4ccc5cccc6ccc3c4c56)c(C#N)c(=O)n2C2CC(OC(=O)c3ccc(C)cc3)C(COC(=O)c3ccc(C)cc3)O2)cc(OC)c1OC. The van der Waals surface area contributed by atoms with Gasteiger partial charge in [0.25, 0.3) is 5.56 Å². The van der Waals surface area contributed by atoms with Crippen molar-refractivity contribution in [2.45, 2.75) is 38.7 Å². The molecule has 2 heterocycles. The Bertz CT molecular complexity index is 3130. The fourth-order valence-electron chi connectivity index (χ4n) is 8.61. The fourth-order valence-corrected chi connectivity index (χ4v) is 8.61. The molecule has 11 heteroatoms. The Hall–Kier alpha value is -7.68. The number of aromatic nitrogens is 1. The molecule has 1 saturated heterocycles. The standard InChI is InChI=1S/C52H42N2O9/c1-29-9-13-34(14-10-29)51(56)61-28-45-42(63-52(57)35-15-11-30(2)12-16-35)26-46(62-45)54-41(36-23-43(58-3)49(60-5)44(24-36)59-4)25-39(40(27-53)50(54)55)37-21-19-33-18-17-31-7-6-8-32-20-22-38(37)48(33)47(31)32/h6-25,42,45-46H,26,28H2,1-5H3. The van der Waals surface area contributed by atoms with Crippen molar-refractivity contribution >= 4 is 44.3 Å². The number of nitriles is 1. The number of esters is 2. The van der Waals surface area contributed by atoms with Crippen LogP contribution in [0.5, 0.6) is 17.2 Å². The van der Waals surface area contributed by atoms with E-state index in [1.165, 1.54) is 25.9 Å². The molecule has 1 aromatic heterocycles. The van der Waals surface area contributed by atoms with Crippen LogP contribution >= 0.6 is 0 Å². The monoisotopic (exact) mass is 838 g/mol. The molecule has 9 rings (SSSR count). The second-order valence-corrected chi connectivity index (χ2v) is 15.6. The molecular formula is C52H42N2O9. The molecule has 0 radical (unpaired) electrons.